The summed E-state index contributed by atoms with van der Waals surface area (Å²) < 4.78 is 0. The molecule has 1 fully saturated rings. The Morgan fingerprint density at radius 3 is 1.94 bits per heavy atom. The number of pyridine rings is 1. The minimum absolute atomic E-state index is 0.0617. The van der Waals surface area contributed by atoms with E-state index in [1.165, 1.54) is 7.05 Å². The predicted octanol–water partition coefficient (Wildman–Crippen LogP) is 5.27. The number of nitrogens with one attached hydrogen (secondary N) is 2. The fraction of sp³-hybridized carbons (Fsp3) is 0.500. The lowest BCUT2D eigenvalue weighted by Crippen LogP contribution is -2.59. The molecule has 2 heterocycles. The van der Waals surface area contributed by atoms with E-state index in [2.05, 4.69) is 15.6 Å². The molecule has 292 valence electrons. The van der Waals surface area contributed by atoms with Crippen molar-refractivity contribution in [2.75, 3.05) is 20.1 Å². The Balaban J connectivity index is 1.61. The molecule has 5 amide bonds. The monoisotopic (exact) mass is 742 g/mol. The van der Waals surface area contributed by atoms with Crippen molar-refractivity contribution in [3.05, 3.63) is 101 Å². The van der Waals surface area contributed by atoms with Crippen LogP contribution in [0, 0.1) is 17.8 Å². The maximum absolute atomic E-state index is 14.5. The number of amides is 5. The number of benzene rings is 2. The van der Waals surface area contributed by atoms with Crippen molar-refractivity contribution in [3.63, 3.8) is 0 Å². The van der Waals surface area contributed by atoms with E-state index >= 15 is 0 Å². The summed E-state index contributed by atoms with van der Waals surface area (Å²) in [6.45, 7) is 14.2. The van der Waals surface area contributed by atoms with E-state index in [4.69, 9.17) is 0 Å². The quantitative estimate of drug-likeness (QED) is 0.165. The molecule has 0 spiro atoms. The van der Waals surface area contributed by atoms with Crippen LogP contribution < -0.4 is 10.6 Å². The zero-order chi connectivity index (χ0) is 39.8. The van der Waals surface area contributed by atoms with Crippen LogP contribution in [0.1, 0.15) is 70.5 Å². The van der Waals surface area contributed by atoms with Gasteiger partial charge in [0.25, 0.3) is 0 Å². The van der Waals surface area contributed by atoms with Crippen LogP contribution in [0.4, 0.5) is 9.59 Å². The van der Waals surface area contributed by atoms with Gasteiger partial charge in [-0.25, -0.2) is 9.59 Å². The van der Waals surface area contributed by atoms with Crippen LogP contribution in [0.15, 0.2) is 78.9 Å². The maximum Gasteiger partial charge on any atom is 0.407 e. The standard InChI is InChI=1S/C42H58N6O6/c1-28-16-15-21-31(43-28)27-47-22-23-48(39(47)52)36(42(5,6)7)38(51)45-33(25-30-19-13-10-14-20-30)34(49)26-32(24-29-17-11-9-12-18-29)44-37(50)35(41(2,3)4)46(8)40(53)54/h9-21,32-36,49H,22-27H2,1-8H3,(H,44,50)(H,45,51)(H,53,54)/t32-,33-,34-,35+,36+/m0/s1. The number of aryl methyl sites for hydroxylation is 1. The Morgan fingerprint density at radius 2 is 1.41 bits per heavy atom. The number of aliphatic hydroxyl groups is 1. The van der Waals surface area contributed by atoms with Gasteiger partial charge < -0.3 is 30.6 Å². The topological polar surface area (TPSA) is 155 Å². The second-order valence-corrected chi connectivity index (χ2v) is 16.6. The van der Waals surface area contributed by atoms with Crippen LogP contribution >= 0.6 is 0 Å². The van der Waals surface area contributed by atoms with Gasteiger partial charge in [-0.1, -0.05) is 108 Å². The van der Waals surface area contributed by atoms with Crippen LogP contribution in [0.25, 0.3) is 0 Å². The average Bonchev–Trinajstić information content (AvgIpc) is 3.42. The lowest BCUT2D eigenvalue weighted by atomic mass is 9.84. The van der Waals surface area contributed by atoms with E-state index in [9.17, 15) is 29.4 Å². The first-order valence-corrected chi connectivity index (χ1v) is 18.7. The Bertz CT molecular complexity index is 1720. The van der Waals surface area contributed by atoms with Gasteiger partial charge in [0.15, 0.2) is 0 Å². The number of likely N-dealkylation sites (N-methyl/N-ethyl adjacent to an activating group) is 1. The van der Waals surface area contributed by atoms with Gasteiger partial charge >= 0.3 is 12.1 Å². The summed E-state index contributed by atoms with van der Waals surface area (Å²) in [7, 11) is 1.37. The highest BCUT2D eigenvalue weighted by Gasteiger charge is 2.45. The van der Waals surface area contributed by atoms with Crippen LogP contribution in [0.3, 0.4) is 0 Å². The summed E-state index contributed by atoms with van der Waals surface area (Å²) in [6, 6.07) is 21.3. The molecule has 0 radical (unpaired) electrons. The summed E-state index contributed by atoms with van der Waals surface area (Å²) in [5.41, 5.74) is 2.07. The molecule has 1 aliphatic heterocycles. The number of urea groups is 1. The Labute approximate surface area is 319 Å². The number of carboxylic acid groups (broad SMARTS) is 1. The maximum atomic E-state index is 14.5. The summed E-state index contributed by atoms with van der Waals surface area (Å²) in [4.78, 5) is 63.1. The molecular weight excluding hydrogens is 684 g/mol. The summed E-state index contributed by atoms with van der Waals surface area (Å²) >= 11 is 0. The molecule has 1 saturated heterocycles. The molecule has 0 saturated carbocycles. The van der Waals surface area contributed by atoms with Crippen molar-refractivity contribution in [2.24, 2.45) is 10.8 Å². The Hall–Kier alpha value is -4.97. The normalized spacial score (nSPS) is 16.3. The lowest BCUT2D eigenvalue weighted by Gasteiger charge is -2.38. The molecular formula is C42H58N6O6. The SMILES string of the molecule is Cc1cccc(CN2CCN([C@H](C(=O)N[C@@H](Cc3ccccc3)[C@@H](O)C[C@H](Cc3ccccc3)NC(=O)[C@@H](N(C)C(=O)O)C(C)(C)C)C(C)(C)C)C2=O)n1. The van der Waals surface area contributed by atoms with Crippen molar-refractivity contribution in [1.29, 1.82) is 0 Å². The number of aromatic nitrogens is 1. The highest BCUT2D eigenvalue weighted by Crippen LogP contribution is 2.29. The van der Waals surface area contributed by atoms with E-state index in [1.807, 2.05) is 107 Å². The molecule has 3 aromatic rings. The van der Waals surface area contributed by atoms with Gasteiger partial charge in [-0.15, -0.1) is 0 Å². The second-order valence-electron chi connectivity index (χ2n) is 16.6. The first-order chi connectivity index (χ1) is 25.3. The fourth-order valence-electron chi connectivity index (χ4n) is 7.37. The van der Waals surface area contributed by atoms with E-state index in [0.29, 0.717) is 32.5 Å². The van der Waals surface area contributed by atoms with E-state index < -0.39 is 53.1 Å². The molecule has 5 atom stereocenters. The molecule has 4 N–H and O–H groups in total. The number of hydrogen-bond donors (Lipinski definition) is 4. The van der Waals surface area contributed by atoms with E-state index in [1.54, 1.807) is 30.6 Å². The van der Waals surface area contributed by atoms with Crippen LogP contribution in [-0.2, 0) is 29.0 Å². The third kappa shape index (κ3) is 11.3. The third-order valence-electron chi connectivity index (χ3n) is 9.85. The van der Waals surface area contributed by atoms with Gasteiger partial charge in [-0.05, 0) is 60.3 Å². The van der Waals surface area contributed by atoms with E-state index in [-0.39, 0.29) is 18.4 Å². The van der Waals surface area contributed by atoms with Gasteiger partial charge in [0.1, 0.15) is 12.1 Å². The highest BCUT2D eigenvalue weighted by atomic mass is 16.4. The number of nitrogens with zero attached hydrogens (tertiary/aromatic N) is 4. The molecule has 1 aliphatic rings. The summed E-state index contributed by atoms with van der Waals surface area (Å²) in [6.07, 6.45) is -1.64. The average molecular weight is 743 g/mol. The predicted molar refractivity (Wildman–Crippen MR) is 209 cm³/mol. The van der Waals surface area contributed by atoms with E-state index in [0.717, 1.165) is 27.4 Å². The molecule has 12 nitrogen and oxygen atoms in total. The van der Waals surface area contributed by atoms with Crippen LogP contribution in [-0.4, -0.2) is 104 Å². The smallest absolute Gasteiger partial charge is 0.407 e. The largest absolute Gasteiger partial charge is 0.465 e. The minimum atomic E-state index is -1.23. The van der Waals surface area contributed by atoms with Gasteiger partial charge in [-0.3, -0.25) is 19.5 Å². The number of rotatable bonds is 15. The minimum Gasteiger partial charge on any atom is -0.465 e. The number of carbonyl (C=O) groups excluding carboxylic acids is 3. The highest BCUT2D eigenvalue weighted by molar-refractivity contribution is 5.89. The van der Waals surface area contributed by atoms with Crippen molar-refractivity contribution < 1.29 is 29.4 Å². The fourth-order valence-corrected chi connectivity index (χ4v) is 7.37. The van der Waals surface area contributed by atoms with Crippen molar-refractivity contribution in [1.82, 2.24) is 30.3 Å². The third-order valence-corrected chi connectivity index (χ3v) is 9.85. The molecule has 0 aliphatic carbocycles. The summed E-state index contributed by atoms with van der Waals surface area (Å²) in [5, 5.41) is 28.0. The molecule has 0 unspecified atom stereocenters. The molecule has 0 bridgehead atoms. The number of carbonyl (C=O) groups is 4. The van der Waals surface area contributed by atoms with Crippen molar-refractivity contribution in [2.45, 2.75) is 105 Å². The molecule has 2 aromatic carbocycles. The van der Waals surface area contributed by atoms with Crippen molar-refractivity contribution in [3.8, 4) is 0 Å². The van der Waals surface area contributed by atoms with Crippen molar-refractivity contribution >= 4 is 23.9 Å². The number of hydrogen-bond acceptors (Lipinski definition) is 6. The van der Waals surface area contributed by atoms with Crippen LogP contribution in [0.5, 0.6) is 0 Å². The zero-order valence-electron chi connectivity index (χ0n) is 33.0. The lowest BCUT2D eigenvalue weighted by molar-refractivity contribution is -0.131. The Morgan fingerprint density at radius 1 is 0.815 bits per heavy atom. The Kier molecular flexibility index (Phi) is 13.9. The molecule has 1 aromatic heterocycles. The summed E-state index contributed by atoms with van der Waals surface area (Å²) in [5.74, 6) is -0.860. The number of aliphatic hydroxyl groups excluding tert-OH is 1. The van der Waals surface area contributed by atoms with Gasteiger partial charge in [-0.2, -0.15) is 0 Å². The molecule has 4 rings (SSSR count). The first-order valence-electron chi connectivity index (χ1n) is 18.7. The second kappa shape index (κ2) is 17.9. The molecule has 12 heteroatoms. The van der Waals surface area contributed by atoms with Gasteiger partial charge in [0, 0.05) is 31.9 Å². The van der Waals surface area contributed by atoms with Gasteiger partial charge in [0.2, 0.25) is 11.8 Å². The first kappa shape index (κ1) is 41.8. The van der Waals surface area contributed by atoms with Crippen LogP contribution in [0.2, 0.25) is 0 Å². The molecule has 54 heavy (non-hydrogen) atoms. The van der Waals surface area contributed by atoms with Gasteiger partial charge in [0.05, 0.1) is 24.4 Å². The zero-order valence-corrected chi connectivity index (χ0v) is 33.0.